The number of likely N-dealkylation sites (tertiary alicyclic amines) is 1. The van der Waals surface area contributed by atoms with Gasteiger partial charge in [-0.3, -0.25) is 4.79 Å². The molecule has 0 aliphatic carbocycles. The first-order valence-electron chi connectivity index (χ1n) is 11.1. The standard InChI is InChI=1S/C24H26N6O/c25-14-17-7-8-22(26-15-17)29-12-9-18(10-13-29)24(31)30-11-3-4-19(16-30)23-27-20-5-1-2-6-21(20)28-23/h1-2,5-8,15,18-19H,3-4,9-13,16H2,(H,27,28). The molecule has 1 N–H and O–H groups in total. The Morgan fingerprint density at radius 2 is 1.94 bits per heavy atom. The van der Waals surface area contributed by atoms with Gasteiger partial charge >= 0.3 is 0 Å². The van der Waals surface area contributed by atoms with E-state index in [2.05, 4.69) is 25.8 Å². The Labute approximate surface area is 181 Å². The van der Waals surface area contributed by atoms with Crippen molar-refractivity contribution in [3.8, 4) is 6.07 Å². The fraction of sp³-hybridized carbons (Fsp3) is 0.417. The molecule has 31 heavy (non-hydrogen) atoms. The average molecular weight is 415 g/mol. The monoisotopic (exact) mass is 414 g/mol. The first kappa shape index (κ1) is 19.6. The van der Waals surface area contributed by atoms with Gasteiger partial charge in [0, 0.05) is 44.2 Å². The quantitative estimate of drug-likeness (QED) is 0.709. The topological polar surface area (TPSA) is 88.9 Å². The number of hydrogen-bond acceptors (Lipinski definition) is 5. The molecule has 1 aromatic carbocycles. The zero-order chi connectivity index (χ0) is 21.2. The summed E-state index contributed by atoms with van der Waals surface area (Å²) in [6.45, 7) is 3.22. The Hall–Kier alpha value is -3.40. The van der Waals surface area contributed by atoms with Crippen LogP contribution in [0, 0.1) is 17.2 Å². The van der Waals surface area contributed by atoms with Crippen molar-refractivity contribution in [1.29, 1.82) is 5.26 Å². The molecule has 158 valence electrons. The van der Waals surface area contributed by atoms with Crippen LogP contribution in [-0.2, 0) is 4.79 Å². The zero-order valence-electron chi connectivity index (χ0n) is 17.5. The number of anilines is 1. The molecule has 3 aromatic rings. The summed E-state index contributed by atoms with van der Waals surface area (Å²) in [7, 11) is 0. The number of carbonyl (C=O) groups excluding carboxylic acids is 1. The number of nitrogens with one attached hydrogen (secondary N) is 1. The van der Waals surface area contributed by atoms with Crippen molar-refractivity contribution in [2.45, 2.75) is 31.6 Å². The van der Waals surface area contributed by atoms with E-state index in [1.54, 1.807) is 12.3 Å². The lowest BCUT2D eigenvalue weighted by atomic mass is 9.92. The minimum atomic E-state index is 0.0732. The number of piperidine rings is 2. The molecule has 5 rings (SSSR count). The number of fused-ring (bicyclic) bond motifs is 1. The van der Waals surface area contributed by atoms with E-state index in [1.807, 2.05) is 30.3 Å². The van der Waals surface area contributed by atoms with Gasteiger partial charge in [-0.15, -0.1) is 0 Å². The molecular weight excluding hydrogens is 388 g/mol. The van der Waals surface area contributed by atoms with E-state index in [1.165, 1.54) is 0 Å². The van der Waals surface area contributed by atoms with E-state index < -0.39 is 0 Å². The maximum absolute atomic E-state index is 13.3. The minimum Gasteiger partial charge on any atom is -0.357 e. The molecule has 1 atom stereocenters. The third kappa shape index (κ3) is 3.98. The van der Waals surface area contributed by atoms with Gasteiger partial charge in [0.05, 0.1) is 16.6 Å². The van der Waals surface area contributed by atoms with Crippen molar-refractivity contribution in [3.05, 3.63) is 54.0 Å². The molecule has 2 aromatic heterocycles. The second-order valence-electron chi connectivity index (χ2n) is 8.54. The highest BCUT2D eigenvalue weighted by molar-refractivity contribution is 5.79. The van der Waals surface area contributed by atoms with Crippen LogP contribution in [0.1, 0.15) is 43.0 Å². The maximum Gasteiger partial charge on any atom is 0.225 e. The van der Waals surface area contributed by atoms with Crippen molar-refractivity contribution in [3.63, 3.8) is 0 Å². The Kier molecular flexibility index (Phi) is 5.29. The van der Waals surface area contributed by atoms with Gasteiger partial charge < -0.3 is 14.8 Å². The molecule has 0 radical (unpaired) electrons. The number of imidazole rings is 1. The van der Waals surface area contributed by atoms with Gasteiger partial charge in [0.1, 0.15) is 17.7 Å². The fourth-order valence-electron chi connectivity index (χ4n) is 4.82. The summed E-state index contributed by atoms with van der Waals surface area (Å²) in [5.41, 5.74) is 2.62. The van der Waals surface area contributed by atoms with E-state index in [0.29, 0.717) is 5.56 Å². The number of aromatic amines is 1. The van der Waals surface area contributed by atoms with Gasteiger partial charge in [-0.2, -0.15) is 5.26 Å². The van der Waals surface area contributed by atoms with Crippen molar-refractivity contribution < 1.29 is 4.79 Å². The first-order valence-corrected chi connectivity index (χ1v) is 11.1. The number of nitriles is 1. The number of benzene rings is 1. The Morgan fingerprint density at radius 3 is 2.68 bits per heavy atom. The van der Waals surface area contributed by atoms with Crippen molar-refractivity contribution in [2.24, 2.45) is 5.92 Å². The average Bonchev–Trinajstić information content (AvgIpc) is 3.28. The minimum absolute atomic E-state index is 0.0732. The molecule has 1 amide bonds. The highest BCUT2D eigenvalue weighted by Crippen LogP contribution is 2.30. The summed E-state index contributed by atoms with van der Waals surface area (Å²) < 4.78 is 0. The Morgan fingerprint density at radius 1 is 1.10 bits per heavy atom. The molecule has 2 saturated heterocycles. The fourth-order valence-corrected chi connectivity index (χ4v) is 4.82. The number of aromatic nitrogens is 3. The number of H-pyrrole nitrogens is 1. The summed E-state index contributed by atoms with van der Waals surface area (Å²) in [5.74, 6) is 2.51. The van der Waals surface area contributed by atoms with E-state index in [9.17, 15) is 4.79 Å². The van der Waals surface area contributed by atoms with Crippen LogP contribution in [0.25, 0.3) is 11.0 Å². The van der Waals surface area contributed by atoms with Crippen LogP contribution in [-0.4, -0.2) is 51.9 Å². The van der Waals surface area contributed by atoms with Crippen molar-refractivity contribution >= 4 is 22.8 Å². The van der Waals surface area contributed by atoms with Gasteiger partial charge in [0.2, 0.25) is 5.91 Å². The van der Waals surface area contributed by atoms with Crippen LogP contribution in [0.3, 0.4) is 0 Å². The predicted molar refractivity (Wildman–Crippen MR) is 119 cm³/mol. The third-order valence-corrected chi connectivity index (χ3v) is 6.57. The second kappa shape index (κ2) is 8.38. The van der Waals surface area contributed by atoms with Crippen LogP contribution < -0.4 is 4.90 Å². The molecule has 0 saturated carbocycles. The lowest BCUT2D eigenvalue weighted by Crippen LogP contribution is -2.46. The van der Waals surface area contributed by atoms with Gasteiger partial charge in [0.15, 0.2) is 0 Å². The zero-order valence-corrected chi connectivity index (χ0v) is 17.5. The Bertz CT molecular complexity index is 1070. The molecule has 7 heteroatoms. The van der Waals surface area contributed by atoms with Crippen molar-refractivity contribution in [1.82, 2.24) is 19.9 Å². The van der Waals surface area contributed by atoms with Gasteiger partial charge in [-0.25, -0.2) is 9.97 Å². The van der Waals surface area contributed by atoms with Gasteiger partial charge in [-0.05, 0) is 49.9 Å². The molecular formula is C24H26N6O. The largest absolute Gasteiger partial charge is 0.357 e. The molecule has 4 heterocycles. The molecule has 2 aliphatic rings. The molecule has 0 bridgehead atoms. The van der Waals surface area contributed by atoms with Crippen LogP contribution in [0.4, 0.5) is 5.82 Å². The third-order valence-electron chi connectivity index (χ3n) is 6.57. The van der Waals surface area contributed by atoms with Crippen molar-refractivity contribution in [2.75, 3.05) is 31.1 Å². The van der Waals surface area contributed by atoms with Gasteiger partial charge in [-0.1, -0.05) is 12.1 Å². The lowest BCUT2D eigenvalue weighted by molar-refractivity contribution is -0.137. The van der Waals surface area contributed by atoms with Crippen LogP contribution >= 0.6 is 0 Å². The van der Waals surface area contributed by atoms with E-state index in [4.69, 9.17) is 10.2 Å². The molecule has 2 aliphatic heterocycles. The highest BCUT2D eigenvalue weighted by Gasteiger charge is 2.32. The first-order chi connectivity index (χ1) is 15.2. The SMILES string of the molecule is N#Cc1ccc(N2CCC(C(=O)N3CCCC(c4nc5ccccc5[nH]4)C3)CC2)nc1. The summed E-state index contributed by atoms with van der Waals surface area (Å²) in [6.07, 6.45) is 5.37. The number of rotatable bonds is 3. The normalized spacial score (nSPS) is 20.0. The Balaban J connectivity index is 1.20. The summed E-state index contributed by atoms with van der Waals surface area (Å²) in [6, 6.07) is 13.9. The number of carbonyl (C=O) groups is 1. The number of nitrogens with zero attached hydrogens (tertiary/aromatic N) is 5. The maximum atomic E-state index is 13.3. The van der Waals surface area contributed by atoms with Gasteiger partial charge in [0.25, 0.3) is 0 Å². The molecule has 2 fully saturated rings. The molecule has 0 spiro atoms. The van der Waals surface area contributed by atoms with Crippen LogP contribution in [0.15, 0.2) is 42.6 Å². The van der Waals surface area contributed by atoms with E-state index in [-0.39, 0.29) is 17.7 Å². The number of para-hydroxylation sites is 2. The van der Waals surface area contributed by atoms with Crippen LogP contribution in [0.2, 0.25) is 0 Å². The van der Waals surface area contributed by atoms with E-state index >= 15 is 0 Å². The number of hydrogen-bond donors (Lipinski definition) is 1. The molecule has 1 unspecified atom stereocenters. The number of pyridine rings is 1. The molecule has 7 nitrogen and oxygen atoms in total. The number of amides is 1. The summed E-state index contributed by atoms with van der Waals surface area (Å²) in [5, 5.41) is 8.94. The highest BCUT2D eigenvalue weighted by atomic mass is 16.2. The van der Waals surface area contributed by atoms with E-state index in [0.717, 1.165) is 74.5 Å². The summed E-state index contributed by atoms with van der Waals surface area (Å²) in [4.78, 5) is 30.1. The predicted octanol–water partition coefficient (Wildman–Crippen LogP) is 3.45. The lowest BCUT2D eigenvalue weighted by Gasteiger charge is -2.37. The summed E-state index contributed by atoms with van der Waals surface area (Å²) >= 11 is 0. The van der Waals surface area contributed by atoms with Crippen LogP contribution in [0.5, 0.6) is 0 Å². The second-order valence-corrected chi connectivity index (χ2v) is 8.54. The smallest absolute Gasteiger partial charge is 0.225 e.